The maximum atomic E-state index is 11.6. The van der Waals surface area contributed by atoms with Gasteiger partial charge in [0.1, 0.15) is 0 Å². The largest absolute Gasteiger partial charge is 0.325 e. The molecule has 0 heterocycles. The lowest BCUT2D eigenvalue weighted by Gasteiger charge is -2.09. The topological polar surface area (TPSA) is 52.9 Å². The number of rotatable bonds is 7. The molecule has 0 aliphatic heterocycles. The highest BCUT2D eigenvalue weighted by atomic mass is 32.2. The van der Waals surface area contributed by atoms with Gasteiger partial charge >= 0.3 is 0 Å². The average molecular weight is 260 g/mol. The van der Waals surface area contributed by atoms with Gasteiger partial charge in [0.2, 0.25) is 5.91 Å². The lowest BCUT2D eigenvalue weighted by molar-refractivity contribution is -0.116. The highest BCUT2D eigenvalue weighted by Crippen LogP contribution is 2.27. The first-order chi connectivity index (χ1) is 8.77. The van der Waals surface area contributed by atoms with E-state index >= 15 is 0 Å². The number of para-hydroxylation sites is 1. The Morgan fingerprint density at radius 3 is 3.00 bits per heavy atom. The summed E-state index contributed by atoms with van der Waals surface area (Å²) in [5, 5.41) is 11.4. The van der Waals surface area contributed by atoms with Crippen molar-refractivity contribution in [2.45, 2.75) is 24.2 Å². The predicted octanol–water partition coefficient (Wildman–Crippen LogP) is 3.60. The van der Waals surface area contributed by atoms with Crippen molar-refractivity contribution in [1.29, 1.82) is 5.26 Å². The molecule has 94 valence electrons. The van der Waals surface area contributed by atoms with Gasteiger partial charge in [0.25, 0.3) is 0 Å². The van der Waals surface area contributed by atoms with E-state index in [1.807, 2.05) is 24.3 Å². The van der Waals surface area contributed by atoms with Crippen LogP contribution in [-0.2, 0) is 4.79 Å². The van der Waals surface area contributed by atoms with E-state index in [1.165, 1.54) is 0 Å². The molecule has 1 N–H and O–H groups in total. The lowest BCUT2D eigenvalue weighted by atomic mass is 10.2. The molecule has 0 spiro atoms. The van der Waals surface area contributed by atoms with Crippen LogP contribution in [0.3, 0.4) is 0 Å². The molecule has 0 atom stereocenters. The Morgan fingerprint density at radius 1 is 1.50 bits per heavy atom. The molecular formula is C14H16N2OS. The van der Waals surface area contributed by atoms with Gasteiger partial charge in [-0.15, -0.1) is 18.3 Å². The summed E-state index contributed by atoms with van der Waals surface area (Å²) in [6.45, 7) is 3.59. The van der Waals surface area contributed by atoms with Gasteiger partial charge in [0.15, 0.2) is 0 Å². The van der Waals surface area contributed by atoms with Crippen LogP contribution in [0.5, 0.6) is 0 Å². The number of amides is 1. The van der Waals surface area contributed by atoms with E-state index in [0.717, 1.165) is 16.3 Å². The molecule has 0 saturated heterocycles. The second-order valence-corrected chi connectivity index (χ2v) is 4.77. The first-order valence-corrected chi connectivity index (χ1v) is 6.76. The van der Waals surface area contributed by atoms with E-state index in [2.05, 4.69) is 18.0 Å². The van der Waals surface area contributed by atoms with Crippen LogP contribution in [0.25, 0.3) is 0 Å². The number of carbonyl (C=O) groups is 1. The summed E-state index contributed by atoms with van der Waals surface area (Å²) in [5.74, 6) is 0.721. The molecule has 1 aromatic carbocycles. The van der Waals surface area contributed by atoms with Crippen molar-refractivity contribution in [2.24, 2.45) is 0 Å². The van der Waals surface area contributed by atoms with Crippen LogP contribution < -0.4 is 5.32 Å². The molecule has 18 heavy (non-hydrogen) atoms. The van der Waals surface area contributed by atoms with Crippen molar-refractivity contribution in [3.63, 3.8) is 0 Å². The molecule has 0 fully saturated rings. The summed E-state index contributed by atoms with van der Waals surface area (Å²) in [6, 6.07) is 9.74. The van der Waals surface area contributed by atoms with Gasteiger partial charge in [0, 0.05) is 23.5 Å². The Balaban J connectivity index is 2.61. The van der Waals surface area contributed by atoms with E-state index < -0.39 is 0 Å². The molecule has 3 nitrogen and oxygen atoms in total. The van der Waals surface area contributed by atoms with Gasteiger partial charge in [-0.25, -0.2) is 0 Å². The second-order valence-electron chi connectivity index (χ2n) is 3.63. The van der Waals surface area contributed by atoms with Crippen LogP contribution in [0.2, 0.25) is 0 Å². The molecule has 0 radical (unpaired) electrons. The number of hydrogen-bond acceptors (Lipinski definition) is 3. The minimum atomic E-state index is -0.0109. The average Bonchev–Trinajstić information content (AvgIpc) is 2.38. The molecule has 1 aromatic rings. The normalized spacial score (nSPS) is 9.50. The number of thioether (sulfide) groups is 1. The molecule has 0 aliphatic carbocycles. The molecule has 0 aromatic heterocycles. The monoisotopic (exact) mass is 260 g/mol. The van der Waals surface area contributed by atoms with Crippen molar-refractivity contribution < 1.29 is 4.79 Å². The number of nitrogens with one attached hydrogen (secondary N) is 1. The van der Waals surface area contributed by atoms with E-state index in [9.17, 15) is 4.79 Å². The number of anilines is 1. The number of nitrogens with zero attached hydrogens (tertiary/aromatic N) is 1. The van der Waals surface area contributed by atoms with Crippen LogP contribution in [-0.4, -0.2) is 11.7 Å². The van der Waals surface area contributed by atoms with Crippen LogP contribution in [0, 0.1) is 11.3 Å². The molecule has 0 bridgehead atoms. The Morgan fingerprint density at radius 2 is 2.28 bits per heavy atom. The van der Waals surface area contributed by atoms with E-state index in [1.54, 1.807) is 17.8 Å². The highest BCUT2D eigenvalue weighted by molar-refractivity contribution is 7.99. The number of carbonyl (C=O) groups excluding carboxylic acids is 1. The third kappa shape index (κ3) is 5.07. The number of benzene rings is 1. The van der Waals surface area contributed by atoms with Crippen molar-refractivity contribution in [3.8, 4) is 6.07 Å². The fraction of sp³-hybridized carbons (Fsp3) is 0.286. The first-order valence-electron chi connectivity index (χ1n) is 5.77. The summed E-state index contributed by atoms with van der Waals surface area (Å²) in [6.07, 6.45) is 3.35. The Labute approximate surface area is 112 Å². The summed E-state index contributed by atoms with van der Waals surface area (Å²) < 4.78 is 0. The molecule has 0 unspecified atom stereocenters. The summed E-state index contributed by atoms with van der Waals surface area (Å²) in [4.78, 5) is 12.6. The zero-order chi connectivity index (χ0) is 13.2. The van der Waals surface area contributed by atoms with Gasteiger partial charge in [0.05, 0.1) is 11.8 Å². The van der Waals surface area contributed by atoms with E-state index in [0.29, 0.717) is 19.3 Å². The van der Waals surface area contributed by atoms with E-state index in [4.69, 9.17) is 5.26 Å². The quantitative estimate of drug-likeness (QED) is 0.463. The second kappa shape index (κ2) is 8.37. The summed E-state index contributed by atoms with van der Waals surface area (Å²) in [7, 11) is 0. The number of nitriles is 1. The van der Waals surface area contributed by atoms with Gasteiger partial charge < -0.3 is 5.32 Å². The fourth-order valence-electron chi connectivity index (χ4n) is 1.35. The van der Waals surface area contributed by atoms with Crippen LogP contribution in [0.1, 0.15) is 19.3 Å². The maximum absolute atomic E-state index is 11.6. The zero-order valence-electron chi connectivity index (χ0n) is 10.2. The van der Waals surface area contributed by atoms with Gasteiger partial charge in [-0.05, 0) is 18.6 Å². The van der Waals surface area contributed by atoms with E-state index in [-0.39, 0.29) is 5.91 Å². The first kappa shape index (κ1) is 14.3. The number of allylic oxidation sites excluding steroid dienone is 1. The minimum absolute atomic E-state index is 0.0109. The molecule has 0 saturated carbocycles. The van der Waals surface area contributed by atoms with Crippen molar-refractivity contribution in [2.75, 3.05) is 11.1 Å². The highest BCUT2D eigenvalue weighted by Gasteiger charge is 2.06. The smallest absolute Gasteiger partial charge is 0.224 e. The van der Waals surface area contributed by atoms with Crippen molar-refractivity contribution in [3.05, 3.63) is 36.9 Å². The van der Waals surface area contributed by atoms with Crippen LogP contribution in [0.4, 0.5) is 5.69 Å². The van der Waals surface area contributed by atoms with Crippen molar-refractivity contribution in [1.82, 2.24) is 0 Å². The van der Waals surface area contributed by atoms with Gasteiger partial charge in [-0.1, -0.05) is 18.2 Å². The molecular weight excluding hydrogens is 244 g/mol. The maximum Gasteiger partial charge on any atom is 0.224 e. The van der Waals surface area contributed by atoms with Crippen LogP contribution in [0.15, 0.2) is 41.8 Å². The van der Waals surface area contributed by atoms with Crippen molar-refractivity contribution >= 4 is 23.4 Å². The van der Waals surface area contributed by atoms with Gasteiger partial charge in [-0.3, -0.25) is 4.79 Å². The SMILES string of the molecule is C=CCCC(=O)Nc1ccccc1SCCC#N. The zero-order valence-corrected chi connectivity index (χ0v) is 11.0. The standard InChI is InChI=1S/C14H16N2OS/c1-2-3-9-14(17)16-12-7-4-5-8-13(12)18-11-6-10-15/h2,4-5,7-8H,1,3,6,9,11H2,(H,16,17). The third-order valence-electron chi connectivity index (χ3n) is 2.21. The summed E-state index contributed by atoms with van der Waals surface area (Å²) in [5.41, 5.74) is 0.814. The third-order valence-corrected chi connectivity index (χ3v) is 3.28. The summed E-state index contributed by atoms with van der Waals surface area (Å²) >= 11 is 1.58. The molecule has 1 rings (SSSR count). The Hall–Kier alpha value is -1.73. The molecule has 1 amide bonds. The Bertz CT molecular complexity index is 451. The minimum Gasteiger partial charge on any atom is -0.325 e. The fourth-order valence-corrected chi connectivity index (χ4v) is 2.21. The van der Waals surface area contributed by atoms with Crippen LogP contribution >= 0.6 is 11.8 Å². The lowest BCUT2D eigenvalue weighted by Crippen LogP contribution is -2.11. The molecule has 4 heteroatoms. The predicted molar refractivity (Wildman–Crippen MR) is 75.5 cm³/mol. The van der Waals surface area contributed by atoms with Gasteiger partial charge in [-0.2, -0.15) is 5.26 Å². The molecule has 0 aliphatic rings. The Kier molecular flexibility index (Phi) is 6.67. The number of hydrogen-bond donors (Lipinski definition) is 1.